The molecule has 0 heterocycles. The summed E-state index contributed by atoms with van der Waals surface area (Å²) in [5.41, 5.74) is 5.41. The quantitative estimate of drug-likeness (QED) is 0.757. The number of hydrogen-bond acceptors (Lipinski definition) is 3. The molecule has 0 bridgehead atoms. The Hall–Kier alpha value is -1.18. The molecule has 0 aliphatic heterocycles. The lowest BCUT2D eigenvalue weighted by Crippen LogP contribution is -2.41. The normalized spacial score (nSPS) is 11.8. The molecular formula is C13H17BrClFN2O3. The fourth-order valence-electron chi connectivity index (χ4n) is 2.01. The Morgan fingerprint density at radius 3 is 2.52 bits per heavy atom. The minimum absolute atomic E-state index is 0. The molecule has 5 nitrogen and oxygen atoms in total. The number of nitrogens with zero attached hydrogens (tertiary/aromatic N) is 1. The van der Waals surface area contributed by atoms with Crippen LogP contribution in [-0.4, -0.2) is 35.0 Å². The van der Waals surface area contributed by atoms with Gasteiger partial charge in [0, 0.05) is 10.0 Å². The van der Waals surface area contributed by atoms with Crippen molar-refractivity contribution in [3.63, 3.8) is 0 Å². The molecular weight excluding hydrogens is 367 g/mol. The van der Waals surface area contributed by atoms with E-state index in [1.54, 1.807) is 6.07 Å². The van der Waals surface area contributed by atoms with Gasteiger partial charge in [-0.25, -0.2) is 4.39 Å². The molecule has 1 atom stereocenters. The second-order valence-electron chi connectivity index (χ2n) is 4.33. The molecule has 0 spiro atoms. The number of hydrogen-bond donors (Lipinski definition) is 2. The fraction of sp³-hybridized carbons (Fsp3) is 0.385. The van der Waals surface area contributed by atoms with Gasteiger partial charge in [-0.2, -0.15) is 0 Å². The van der Waals surface area contributed by atoms with Crippen molar-refractivity contribution in [1.29, 1.82) is 0 Å². The zero-order chi connectivity index (χ0) is 15.3. The van der Waals surface area contributed by atoms with Crippen LogP contribution in [0.3, 0.4) is 0 Å². The van der Waals surface area contributed by atoms with Gasteiger partial charge in [-0.1, -0.05) is 28.9 Å². The van der Waals surface area contributed by atoms with Crippen LogP contribution < -0.4 is 5.73 Å². The van der Waals surface area contributed by atoms with E-state index in [0.717, 1.165) is 0 Å². The number of carbonyl (C=O) groups is 2. The van der Waals surface area contributed by atoms with Crippen LogP contribution in [0, 0.1) is 5.82 Å². The summed E-state index contributed by atoms with van der Waals surface area (Å²) < 4.78 is 14.5. The van der Waals surface area contributed by atoms with E-state index in [4.69, 9.17) is 10.8 Å². The maximum atomic E-state index is 14.0. The van der Waals surface area contributed by atoms with Crippen molar-refractivity contribution in [2.24, 2.45) is 5.73 Å². The van der Waals surface area contributed by atoms with Gasteiger partial charge < -0.3 is 10.8 Å². The molecule has 118 valence electrons. The van der Waals surface area contributed by atoms with E-state index in [1.807, 2.05) is 6.92 Å². The number of halogens is 3. The molecule has 0 saturated heterocycles. The molecule has 1 aromatic carbocycles. The number of aliphatic carboxylic acids is 1. The maximum Gasteiger partial charge on any atom is 0.317 e. The molecule has 0 aliphatic carbocycles. The number of carbonyl (C=O) groups excluding carboxylic acids is 1. The number of benzene rings is 1. The lowest BCUT2D eigenvalue weighted by molar-refractivity contribution is -0.139. The summed E-state index contributed by atoms with van der Waals surface area (Å²) in [6, 6.07) is 3.13. The van der Waals surface area contributed by atoms with E-state index in [0.29, 0.717) is 17.4 Å². The van der Waals surface area contributed by atoms with Gasteiger partial charge in [0.25, 0.3) is 0 Å². The van der Waals surface area contributed by atoms with Crippen LogP contribution in [0.25, 0.3) is 0 Å². The van der Waals surface area contributed by atoms with E-state index in [-0.39, 0.29) is 24.5 Å². The highest BCUT2D eigenvalue weighted by molar-refractivity contribution is 9.10. The maximum absolute atomic E-state index is 14.0. The molecule has 0 radical (unpaired) electrons. The summed E-state index contributed by atoms with van der Waals surface area (Å²) in [5, 5.41) is 8.91. The highest BCUT2D eigenvalue weighted by Gasteiger charge is 2.29. The fourth-order valence-corrected chi connectivity index (χ4v) is 2.35. The first kappa shape index (κ1) is 19.8. The van der Waals surface area contributed by atoms with Crippen molar-refractivity contribution in [2.75, 3.05) is 13.1 Å². The van der Waals surface area contributed by atoms with Crippen LogP contribution in [0.5, 0.6) is 0 Å². The first-order valence-corrected chi connectivity index (χ1v) is 6.86. The molecule has 21 heavy (non-hydrogen) atoms. The van der Waals surface area contributed by atoms with Gasteiger partial charge in [-0.3, -0.25) is 14.5 Å². The molecule has 1 unspecified atom stereocenters. The number of rotatable bonds is 7. The minimum atomic E-state index is -1.10. The third kappa shape index (κ3) is 5.61. The van der Waals surface area contributed by atoms with E-state index in [2.05, 4.69) is 15.9 Å². The molecule has 0 aliphatic rings. The van der Waals surface area contributed by atoms with Gasteiger partial charge >= 0.3 is 5.97 Å². The van der Waals surface area contributed by atoms with Crippen LogP contribution in [0.2, 0.25) is 0 Å². The van der Waals surface area contributed by atoms with Crippen molar-refractivity contribution in [3.05, 3.63) is 34.1 Å². The highest BCUT2D eigenvalue weighted by Crippen LogP contribution is 2.25. The number of primary amides is 1. The van der Waals surface area contributed by atoms with Gasteiger partial charge in [0.1, 0.15) is 11.9 Å². The number of carboxylic acids is 1. The molecule has 0 saturated carbocycles. The molecule has 3 N–H and O–H groups in total. The minimum Gasteiger partial charge on any atom is -0.480 e. The first-order valence-electron chi connectivity index (χ1n) is 6.07. The molecule has 0 aromatic heterocycles. The van der Waals surface area contributed by atoms with Gasteiger partial charge in [-0.05, 0) is 25.1 Å². The number of amides is 1. The van der Waals surface area contributed by atoms with E-state index >= 15 is 0 Å². The second-order valence-corrected chi connectivity index (χ2v) is 5.25. The number of nitrogens with two attached hydrogens (primary N) is 1. The van der Waals surface area contributed by atoms with Crippen molar-refractivity contribution < 1.29 is 19.1 Å². The predicted molar refractivity (Wildman–Crippen MR) is 82.8 cm³/mol. The Kier molecular flexibility index (Phi) is 8.46. The average Bonchev–Trinajstić information content (AvgIpc) is 2.31. The lowest BCUT2D eigenvalue weighted by atomic mass is 10.0. The summed E-state index contributed by atoms with van der Waals surface area (Å²) in [5.74, 6) is -2.47. The third-order valence-corrected chi connectivity index (χ3v) is 3.23. The van der Waals surface area contributed by atoms with Gasteiger partial charge in [-0.15, -0.1) is 12.4 Å². The lowest BCUT2D eigenvalue weighted by Gasteiger charge is -2.28. The average molecular weight is 384 g/mol. The van der Waals surface area contributed by atoms with Gasteiger partial charge in [0.15, 0.2) is 0 Å². The van der Waals surface area contributed by atoms with Crippen molar-refractivity contribution >= 4 is 40.2 Å². The SMILES string of the molecule is CCCN(CC(=O)O)C(C(N)=O)c1ccc(Br)cc1F.Cl. The first-order chi connectivity index (χ1) is 9.36. The third-order valence-electron chi connectivity index (χ3n) is 2.74. The Bertz CT molecular complexity index is 516. The smallest absolute Gasteiger partial charge is 0.317 e. The van der Waals surface area contributed by atoms with E-state index in [9.17, 15) is 14.0 Å². The molecule has 0 fully saturated rings. The van der Waals surface area contributed by atoms with E-state index < -0.39 is 23.7 Å². The Morgan fingerprint density at radius 1 is 1.48 bits per heavy atom. The highest BCUT2D eigenvalue weighted by atomic mass is 79.9. The van der Waals surface area contributed by atoms with Crippen LogP contribution in [0.15, 0.2) is 22.7 Å². The van der Waals surface area contributed by atoms with Crippen molar-refractivity contribution in [2.45, 2.75) is 19.4 Å². The Balaban J connectivity index is 0.00000400. The summed E-state index contributed by atoms with van der Waals surface area (Å²) in [4.78, 5) is 23.9. The summed E-state index contributed by atoms with van der Waals surface area (Å²) in [6.45, 7) is 1.79. The Morgan fingerprint density at radius 2 is 2.10 bits per heavy atom. The van der Waals surface area contributed by atoms with Crippen LogP contribution in [0.1, 0.15) is 24.9 Å². The summed E-state index contributed by atoms with van der Waals surface area (Å²) in [7, 11) is 0. The molecule has 1 rings (SSSR count). The standard InChI is InChI=1S/C13H16BrFN2O3.ClH/c1-2-5-17(7-11(18)19)12(13(16)20)9-4-3-8(14)6-10(9)15;/h3-4,6,12H,2,5,7H2,1H3,(H2,16,20)(H,18,19);1H. The topological polar surface area (TPSA) is 83.6 Å². The molecule has 1 amide bonds. The van der Waals surface area contributed by atoms with Gasteiger partial charge in [0.05, 0.1) is 6.54 Å². The summed E-state index contributed by atoms with van der Waals surface area (Å²) >= 11 is 3.13. The summed E-state index contributed by atoms with van der Waals surface area (Å²) in [6.07, 6.45) is 0.620. The van der Waals surface area contributed by atoms with Crippen molar-refractivity contribution in [1.82, 2.24) is 4.90 Å². The van der Waals surface area contributed by atoms with E-state index in [1.165, 1.54) is 17.0 Å². The number of carboxylic acid groups (broad SMARTS) is 1. The van der Waals surface area contributed by atoms with Crippen LogP contribution >= 0.6 is 28.3 Å². The molecule has 1 aromatic rings. The van der Waals surface area contributed by atoms with Crippen LogP contribution in [0.4, 0.5) is 4.39 Å². The second kappa shape index (κ2) is 8.96. The Labute approximate surface area is 136 Å². The van der Waals surface area contributed by atoms with Gasteiger partial charge in [0.2, 0.25) is 5.91 Å². The predicted octanol–water partition coefficient (Wildman–Crippen LogP) is 2.33. The van der Waals surface area contributed by atoms with Crippen LogP contribution in [-0.2, 0) is 9.59 Å². The zero-order valence-corrected chi connectivity index (χ0v) is 13.8. The largest absolute Gasteiger partial charge is 0.480 e. The zero-order valence-electron chi connectivity index (χ0n) is 11.4. The van der Waals surface area contributed by atoms with Crippen molar-refractivity contribution in [3.8, 4) is 0 Å². The monoisotopic (exact) mass is 382 g/mol. The molecule has 8 heteroatoms.